The molecule has 1 heterocycles. The van der Waals surface area contributed by atoms with Gasteiger partial charge in [-0.05, 0) is 30.0 Å². The van der Waals surface area contributed by atoms with Gasteiger partial charge in [0, 0.05) is 16.9 Å². The Morgan fingerprint density at radius 3 is 2.43 bits per heavy atom. The van der Waals surface area contributed by atoms with Crippen molar-refractivity contribution in [1.82, 2.24) is 0 Å². The summed E-state index contributed by atoms with van der Waals surface area (Å²) in [6.07, 6.45) is 8.55. The van der Waals surface area contributed by atoms with E-state index in [1.165, 1.54) is 5.56 Å². The van der Waals surface area contributed by atoms with Crippen molar-refractivity contribution >= 4 is 21.3 Å². The lowest BCUT2D eigenvalue weighted by molar-refractivity contribution is 0.589. The van der Waals surface area contributed by atoms with E-state index in [-0.39, 0.29) is 17.1 Å². The lowest BCUT2D eigenvalue weighted by Crippen LogP contribution is -2.26. The first-order valence-corrected chi connectivity index (χ1v) is 11.1. The molecule has 4 rings (SSSR count). The lowest BCUT2D eigenvalue weighted by atomic mass is 9.76. The zero-order valence-electron chi connectivity index (χ0n) is 15.9. The summed E-state index contributed by atoms with van der Waals surface area (Å²) < 4.78 is 28.1. The minimum atomic E-state index is -3.37. The third-order valence-corrected chi connectivity index (χ3v) is 6.96. The molecule has 0 radical (unpaired) electrons. The topological polar surface area (TPSA) is 46.5 Å². The van der Waals surface area contributed by atoms with Crippen molar-refractivity contribution in [3.8, 4) is 0 Å². The highest BCUT2D eigenvalue weighted by molar-refractivity contribution is 7.90. The molecule has 0 fully saturated rings. The van der Waals surface area contributed by atoms with Crippen LogP contribution in [-0.4, -0.2) is 19.9 Å². The molecule has 0 spiro atoms. The van der Waals surface area contributed by atoms with E-state index in [2.05, 4.69) is 42.2 Å². The Bertz CT molecular complexity index is 1090. The van der Waals surface area contributed by atoms with E-state index >= 15 is 0 Å². The van der Waals surface area contributed by atoms with Gasteiger partial charge in [-0.1, -0.05) is 78.9 Å². The van der Waals surface area contributed by atoms with Crippen LogP contribution in [0.1, 0.15) is 30.0 Å². The zero-order chi connectivity index (χ0) is 19.8. The van der Waals surface area contributed by atoms with Crippen molar-refractivity contribution in [2.45, 2.75) is 18.8 Å². The smallest absolute Gasteiger partial charge is 0.205 e. The van der Waals surface area contributed by atoms with Crippen LogP contribution in [-0.2, 0) is 15.4 Å². The van der Waals surface area contributed by atoms with Crippen molar-refractivity contribution in [3.63, 3.8) is 0 Å². The van der Waals surface area contributed by atoms with Gasteiger partial charge in [0.1, 0.15) is 0 Å². The Morgan fingerprint density at radius 2 is 1.75 bits per heavy atom. The maximum absolute atomic E-state index is 12.0. The molecule has 2 aromatic carbocycles. The molecule has 0 aromatic heterocycles. The third-order valence-electron chi connectivity index (χ3n) is 5.74. The highest BCUT2D eigenvalue weighted by atomic mass is 32.2. The molecule has 28 heavy (non-hydrogen) atoms. The SMILES string of the molecule is C=CC(C)(c1ccccc1)c1ccc(C2=CC=CC3CCS(=O)(=O)N=C23)cc1. The molecule has 142 valence electrons. The molecule has 1 aliphatic heterocycles. The van der Waals surface area contributed by atoms with E-state index in [1.54, 1.807) is 0 Å². The standard InChI is InChI=1S/C24H23NO2S/c1-3-24(2,20-9-5-4-6-10-20)21-14-12-18(13-15-21)22-11-7-8-19-16-17-28(26,27)25-23(19)22/h3-15,19H,1,16-17H2,2H3. The molecule has 2 unspecified atom stereocenters. The summed E-state index contributed by atoms with van der Waals surface area (Å²) >= 11 is 0. The van der Waals surface area contributed by atoms with Crippen LogP contribution < -0.4 is 0 Å². The van der Waals surface area contributed by atoms with E-state index in [0.717, 1.165) is 16.7 Å². The monoisotopic (exact) mass is 389 g/mol. The first kappa shape index (κ1) is 18.6. The van der Waals surface area contributed by atoms with Gasteiger partial charge in [0.25, 0.3) is 10.0 Å². The molecular formula is C24H23NO2S. The minimum Gasteiger partial charge on any atom is -0.205 e. The van der Waals surface area contributed by atoms with Crippen LogP contribution in [0.2, 0.25) is 0 Å². The molecule has 0 saturated heterocycles. The minimum absolute atomic E-state index is 0.0750. The Labute approximate surface area is 166 Å². The van der Waals surface area contributed by atoms with E-state index in [9.17, 15) is 8.42 Å². The second-order valence-corrected chi connectivity index (χ2v) is 9.23. The number of sulfonamides is 1. The van der Waals surface area contributed by atoms with Gasteiger partial charge in [-0.3, -0.25) is 0 Å². The van der Waals surface area contributed by atoms with Crippen LogP contribution >= 0.6 is 0 Å². The Kier molecular flexibility index (Phi) is 4.68. The summed E-state index contributed by atoms with van der Waals surface area (Å²) in [6.45, 7) is 6.21. The number of fused-ring (bicyclic) bond motifs is 1. The molecule has 2 aliphatic rings. The van der Waals surface area contributed by atoms with Crippen LogP contribution in [0, 0.1) is 5.92 Å². The van der Waals surface area contributed by atoms with Gasteiger partial charge in [0.2, 0.25) is 0 Å². The summed E-state index contributed by atoms with van der Waals surface area (Å²) in [4.78, 5) is 0. The first-order valence-electron chi connectivity index (χ1n) is 9.44. The Balaban J connectivity index is 1.72. The number of rotatable bonds is 4. The van der Waals surface area contributed by atoms with Crippen molar-refractivity contribution in [2.75, 3.05) is 5.75 Å². The first-order chi connectivity index (χ1) is 13.4. The van der Waals surface area contributed by atoms with E-state index in [0.29, 0.717) is 12.1 Å². The molecule has 3 nitrogen and oxygen atoms in total. The van der Waals surface area contributed by atoms with Gasteiger partial charge in [0.15, 0.2) is 0 Å². The van der Waals surface area contributed by atoms with Gasteiger partial charge in [-0.15, -0.1) is 6.58 Å². The van der Waals surface area contributed by atoms with Crippen LogP contribution in [0.5, 0.6) is 0 Å². The maximum Gasteiger partial charge on any atom is 0.253 e. The molecule has 0 saturated carbocycles. The van der Waals surface area contributed by atoms with Crippen molar-refractivity contribution in [1.29, 1.82) is 0 Å². The average molecular weight is 390 g/mol. The fraction of sp³-hybridized carbons (Fsp3) is 0.208. The van der Waals surface area contributed by atoms with Gasteiger partial charge in [0.05, 0.1) is 11.5 Å². The largest absolute Gasteiger partial charge is 0.253 e. The number of benzene rings is 2. The van der Waals surface area contributed by atoms with Crippen molar-refractivity contribution < 1.29 is 8.42 Å². The molecule has 2 atom stereocenters. The van der Waals surface area contributed by atoms with Gasteiger partial charge < -0.3 is 0 Å². The predicted molar refractivity (Wildman–Crippen MR) is 116 cm³/mol. The lowest BCUT2D eigenvalue weighted by Gasteiger charge is -2.28. The normalized spacial score (nSPS) is 22.4. The average Bonchev–Trinajstić information content (AvgIpc) is 2.73. The van der Waals surface area contributed by atoms with Gasteiger partial charge in [-0.25, -0.2) is 8.42 Å². The molecule has 1 aliphatic carbocycles. The van der Waals surface area contributed by atoms with E-state index < -0.39 is 10.0 Å². The fourth-order valence-electron chi connectivity index (χ4n) is 3.91. The molecule has 2 aromatic rings. The second kappa shape index (κ2) is 7.02. The number of hydrogen-bond acceptors (Lipinski definition) is 2. The Hall–Kier alpha value is -2.72. The van der Waals surface area contributed by atoms with Crippen LogP contribution in [0.15, 0.2) is 89.9 Å². The molecular weight excluding hydrogens is 366 g/mol. The van der Waals surface area contributed by atoms with E-state index in [4.69, 9.17) is 0 Å². The third kappa shape index (κ3) is 3.29. The zero-order valence-corrected chi connectivity index (χ0v) is 16.7. The quantitative estimate of drug-likeness (QED) is 0.697. The summed E-state index contributed by atoms with van der Waals surface area (Å²) in [6, 6.07) is 18.6. The highest BCUT2D eigenvalue weighted by Gasteiger charge is 2.30. The number of nitrogens with zero attached hydrogens (tertiary/aromatic N) is 1. The molecule has 0 N–H and O–H groups in total. The maximum atomic E-state index is 12.0. The fourth-order valence-corrected chi connectivity index (χ4v) is 5.09. The second-order valence-electron chi connectivity index (χ2n) is 7.47. The summed E-state index contributed by atoms with van der Waals surface area (Å²) in [7, 11) is -3.37. The Morgan fingerprint density at radius 1 is 1.07 bits per heavy atom. The summed E-state index contributed by atoms with van der Waals surface area (Å²) in [5.74, 6) is 0.193. The van der Waals surface area contributed by atoms with Crippen LogP contribution in [0.25, 0.3) is 5.57 Å². The number of allylic oxidation sites excluding steroid dienone is 5. The van der Waals surface area contributed by atoms with E-state index in [1.807, 2.05) is 54.6 Å². The molecule has 0 amide bonds. The highest BCUT2D eigenvalue weighted by Crippen LogP contribution is 2.35. The van der Waals surface area contributed by atoms with Gasteiger partial charge in [-0.2, -0.15) is 4.40 Å². The van der Waals surface area contributed by atoms with Crippen LogP contribution in [0.3, 0.4) is 0 Å². The van der Waals surface area contributed by atoms with Gasteiger partial charge >= 0.3 is 0 Å². The number of hydrogen-bond donors (Lipinski definition) is 0. The summed E-state index contributed by atoms with van der Waals surface area (Å²) in [5, 5.41) is 0. The van der Waals surface area contributed by atoms with Crippen molar-refractivity contribution in [2.24, 2.45) is 10.3 Å². The van der Waals surface area contributed by atoms with Crippen LogP contribution in [0.4, 0.5) is 0 Å². The summed E-state index contributed by atoms with van der Waals surface area (Å²) in [5.41, 5.74) is 4.56. The molecule has 4 heteroatoms. The molecule has 0 bridgehead atoms. The van der Waals surface area contributed by atoms with Crippen molar-refractivity contribution in [3.05, 3.63) is 102 Å². The predicted octanol–water partition coefficient (Wildman–Crippen LogP) is 4.92.